The van der Waals surface area contributed by atoms with Crippen molar-refractivity contribution in [2.45, 2.75) is 25.7 Å². The van der Waals surface area contributed by atoms with Crippen LogP contribution in [0.5, 0.6) is 5.75 Å². The Hall–Kier alpha value is -4.82. The number of aryl methyl sites for hydroxylation is 2. The van der Waals surface area contributed by atoms with Gasteiger partial charge in [-0.3, -0.25) is 14.4 Å². The van der Waals surface area contributed by atoms with Gasteiger partial charge in [-0.25, -0.2) is 0 Å². The molecular weight excluding hydrogens is 546 g/mol. The van der Waals surface area contributed by atoms with E-state index in [1.165, 1.54) is 11.8 Å². The average molecular weight is 580 g/mol. The monoisotopic (exact) mass is 579 g/mol. The van der Waals surface area contributed by atoms with Crippen LogP contribution in [-0.4, -0.2) is 30.1 Å². The van der Waals surface area contributed by atoms with E-state index >= 15 is 0 Å². The normalized spacial score (nSPS) is 11.0. The fourth-order valence-electron chi connectivity index (χ4n) is 4.14. The summed E-state index contributed by atoms with van der Waals surface area (Å²) in [4.78, 5) is 39.9. The largest absolute Gasteiger partial charge is 0.493 e. The van der Waals surface area contributed by atoms with Crippen molar-refractivity contribution in [1.29, 1.82) is 0 Å². The lowest BCUT2D eigenvalue weighted by molar-refractivity contribution is -0.114. The summed E-state index contributed by atoms with van der Waals surface area (Å²) in [5, 5.41) is 8.58. The van der Waals surface area contributed by atoms with Crippen molar-refractivity contribution in [1.82, 2.24) is 5.32 Å². The van der Waals surface area contributed by atoms with Crippen LogP contribution in [0.3, 0.4) is 0 Å². The molecule has 4 aromatic rings. The second-order valence-electron chi connectivity index (χ2n) is 9.49. The van der Waals surface area contributed by atoms with Crippen LogP contribution in [0, 0.1) is 13.8 Å². The summed E-state index contributed by atoms with van der Waals surface area (Å²) in [6.45, 7) is 6.30. The molecule has 0 atom stereocenters. The summed E-state index contributed by atoms with van der Waals surface area (Å²) < 4.78 is 5.71. The third-order valence-electron chi connectivity index (χ3n) is 6.17. The second-order valence-corrected chi connectivity index (χ2v) is 10.5. The number of para-hydroxylation sites is 1. The van der Waals surface area contributed by atoms with Gasteiger partial charge in [0.2, 0.25) is 5.91 Å². The molecule has 0 fully saturated rings. The number of hydrogen-bond acceptors (Lipinski definition) is 5. The van der Waals surface area contributed by atoms with Crippen molar-refractivity contribution < 1.29 is 19.1 Å². The lowest BCUT2D eigenvalue weighted by atomic mass is 10.1. The smallest absolute Gasteiger partial charge is 0.272 e. The Morgan fingerprint density at radius 1 is 0.833 bits per heavy atom. The summed E-state index contributed by atoms with van der Waals surface area (Å²) in [5.41, 5.74) is 4.58. The Bertz CT molecular complexity index is 1600. The van der Waals surface area contributed by atoms with E-state index in [-0.39, 0.29) is 17.4 Å². The Morgan fingerprint density at radius 3 is 2.36 bits per heavy atom. The molecule has 3 N–H and O–H groups in total. The maximum atomic E-state index is 13.5. The standard InChI is InChI=1S/C34H33N3O4S/c1-4-41-31-16-9-8-13-26(31)20-30(37-33(39)25-11-6-5-7-12-25)34(40)35-27-14-10-15-28(21-27)42-22-32(38)36-29-18-17-23(2)19-24(29)3/h5-21H,4,22H2,1-3H3,(H,35,40)(H,36,38)(H,37,39)/b30-20+. The molecule has 4 aromatic carbocycles. The van der Waals surface area contributed by atoms with Gasteiger partial charge in [0.25, 0.3) is 11.8 Å². The van der Waals surface area contributed by atoms with E-state index in [9.17, 15) is 14.4 Å². The molecule has 0 aliphatic rings. The molecule has 0 heterocycles. The van der Waals surface area contributed by atoms with Gasteiger partial charge in [0.05, 0.1) is 12.4 Å². The van der Waals surface area contributed by atoms with E-state index in [1.807, 2.05) is 69.3 Å². The van der Waals surface area contributed by atoms with E-state index in [0.29, 0.717) is 29.2 Å². The number of hydrogen-bond donors (Lipinski definition) is 3. The van der Waals surface area contributed by atoms with Crippen molar-refractivity contribution in [3.8, 4) is 5.75 Å². The molecule has 4 rings (SSSR count). The Morgan fingerprint density at radius 2 is 1.60 bits per heavy atom. The maximum absolute atomic E-state index is 13.5. The first-order chi connectivity index (χ1) is 20.3. The number of ether oxygens (including phenoxy) is 1. The number of amides is 3. The van der Waals surface area contributed by atoms with Crippen LogP contribution in [0.2, 0.25) is 0 Å². The van der Waals surface area contributed by atoms with Gasteiger partial charge in [0.15, 0.2) is 0 Å². The summed E-state index contributed by atoms with van der Waals surface area (Å²) in [5.74, 6) is -0.234. The zero-order valence-electron chi connectivity index (χ0n) is 23.8. The molecule has 0 saturated heterocycles. The number of rotatable bonds is 11. The third-order valence-corrected chi connectivity index (χ3v) is 7.16. The lowest BCUT2D eigenvalue weighted by Crippen LogP contribution is -2.30. The quantitative estimate of drug-likeness (QED) is 0.134. The molecule has 7 nitrogen and oxygen atoms in total. The van der Waals surface area contributed by atoms with Crippen molar-refractivity contribution in [3.63, 3.8) is 0 Å². The van der Waals surface area contributed by atoms with Crippen molar-refractivity contribution >= 4 is 46.9 Å². The van der Waals surface area contributed by atoms with Crippen molar-refractivity contribution in [3.05, 3.63) is 125 Å². The highest BCUT2D eigenvalue weighted by molar-refractivity contribution is 8.00. The molecule has 0 unspecified atom stereocenters. The van der Waals surface area contributed by atoms with Crippen LogP contribution in [0.25, 0.3) is 6.08 Å². The molecule has 0 aliphatic carbocycles. The third kappa shape index (κ3) is 8.59. The van der Waals surface area contributed by atoms with Crippen molar-refractivity contribution in [2.24, 2.45) is 0 Å². The predicted molar refractivity (Wildman–Crippen MR) is 170 cm³/mol. The molecule has 0 aromatic heterocycles. The highest BCUT2D eigenvalue weighted by Gasteiger charge is 2.16. The van der Waals surface area contributed by atoms with Crippen LogP contribution < -0.4 is 20.7 Å². The molecule has 3 amide bonds. The summed E-state index contributed by atoms with van der Waals surface area (Å²) in [6.07, 6.45) is 1.59. The molecule has 0 spiro atoms. The average Bonchev–Trinajstić information content (AvgIpc) is 2.99. The molecule has 0 radical (unpaired) electrons. The Kier molecular flexibility index (Phi) is 10.6. The van der Waals surface area contributed by atoms with E-state index in [1.54, 1.807) is 54.6 Å². The molecule has 0 aliphatic heterocycles. The van der Waals surface area contributed by atoms with E-state index in [4.69, 9.17) is 4.74 Å². The predicted octanol–water partition coefficient (Wildman–Crippen LogP) is 6.84. The minimum absolute atomic E-state index is 0.0573. The Labute approximate surface area is 250 Å². The van der Waals surface area contributed by atoms with Crippen molar-refractivity contribution in [2.75, 3.05) is 23.0 Å². The molecular formula is C34H33N3O4S. The fraction of sp³-hybridized carbons (Fsp3) is 0.147. The second kappa shape index (κ2) is 14.7. The molecule has 0 saturated carbocycles. The SMILES string of the molecule is CCOc1ccccc1/C=C(/NC(=O)c1ccccc1)C(=O)Nc1cccc(SCC(=O)Nc2ccc(C)cc2C)c1. The highest BCUT2D eigenvalue weighted by atomic mass is 32.2. The first-order valence-electron chi connectivity index (χ1n) is 13.5. The fourth-order valence-corrected chi connectivity index (χ4v) is 4.89. The molecule has 214 valence electrons. The summed E-state index contributed by atoms with van der Waals surface area (Å²) in [7, 11) is 0. The minimum Gasteiger partial charge on any atom is -0.493 e. The van der Waals surface area contributed by atoms with Gasteiger partial charge >= 0.3 is 0 Å². The van der Waals surface area contributed by atoms with Crippen LogP contribution in [0.1, 0.15) is 34.0 Å². The molecule has 42 heavy (non-hydrogen) atoms. The van der Waals surface area contributed by atoms with Gasteiger partial charge in [0.1, 0.15) is 11.4 Å². The van der Waals surface area contributed by atoms with Crippen LogP contribution >= 0.6 is 11.8 Å². The van der Waals surface area contributed by atoms with Gasteiger partial charge < -0.3 is 20.7 Å². The van der Waals surface area contributed by atoms with E-state index in [0.717, 1.165) is 21.7 Å². The number of anilines is 2. The number of carbonyl (C=O) groups excluding carboxylic acids is 3. The molecule has 0 bridgehead atoms. The van der Waals surface area contributed by atoms with Gasteiger partial charge in [-0.2, -0.15) is 0 Å². The maximum Gasteiger partial charge on any atom is 0.272 e. The van der Waals surface area contributed by atoms with Crippen LogP contribution in [0.15, 0.2) is 108 Å². The number of thioether (sulfide) groups is 1. The number of nitrogens with one attached hydrogen (secondary N) is 3. The van der Waals surface area contributed by atoms with Gasteiger partial charge in [-0.1, -0.05) is 60.2 Å². The first-order valence-corrected chi connectivity index (χ1v) is 14.5. The van der Waals surface area contributed by atoms with E-state index in [2.05, 4.69) is 16.0 Å². The summed E-state index contributed by atoms with van der Waals surface area (Å²) >= 11 is 1.36. The van der Waals surface area contributed by atoms with Crippen LogP contribution in [-0.2, 0) is 9.59 Å². The summed E-state index contributed by atoms with van der Waals surface area (Å²) in [6, 6.07) is 29.1. The van der Waals surface area contributed by atoms with E-state index < -0.39 is 11.8 Å². The van der Waals surface area contributed by atoms with Gasteiger partial charge in [-0.15, -0.1) is 11.8 Å². The van der Waals surface area contributed by atoms with Gasteiger partial charge in [-0.05, 0) is 74.9 Å². The first kappa shape index (κ1) is 30.1. The molecule has 8 heteroatoms. The van der Waals surface area contributed by atoms with Gasteiger partial charge in [0, 0.05) is 27.4 Å². The zero-order chi connectivity index (χ0) is 29.9. The highest BCUT2D eigenvalue weighted by Crippen LogP contribution is 2.24. The topological polar surface area (TPSA) is 96.5 Å². The number of benzene rings is 4. The zero-order valence-corrected chi connectivity index (χ0v) is 24.6. The van der Waals surface area contributed by atoms with Crippen LogP contribution in [0.4, 0.5) is 11.4 Å². The minimum atomic E-state index is -0.500. The number of carbonyl (C=O) groups is 3. The Balaban J connectivity index is 1.48. The lowest BCUT2D eigenvalue weighted by Gasteiger charge is -2.13.